The quantitative estimate of drug-likeness (QED) is 0.686. The molecule has 0 unspecified atom stereocenters. The van der Waals surface area contributed by atoms with E-state index in [1.54, 1.807) is 6.92 Å². The molecule has 0 aliphatic rings. The number of fused-ring (bicyclic) bond motifs is 1. The lowest BCUT2D eigenvalue weighted by Gasteiger charge is -2.04. The highest BCUT2D eigenvalue weighted by Crippen LogP contribution is 2.13. The molecule has 2 aromatic heterocycles. The van der Waals surface area contributed by atoms with E-state index >= 15 is 0 Å². The van der Waals surface area contributed by atoms with Crippen molar-refractivity contribution >= 4 is 11.6 Å². The van der Waals surface area contributed by atoms with E-state index in [0.29, 0.717) is 29.3 Å². The second-order valence-electron chi connectivity index (χ2n) is 4.56. The Labute approximate surface area is 119 Å². The first-order chi connectivity index (χ1) is 10.1. The minimum absolute atomic E-state index is 0.182. The second kappa shape index (κ2) is 5.01. The molecule has 0 fully saturated rings. The molecular formula is C14H12FN5O. The maximum Gasteiger partial charge on any atom is 0.272 e. The van der Waals surface area contributed by atoms with Crippen LogP contribution in [0.4, 0.5) is 4.39 Å². The van der Waals surface area contributed by atoms with Gasteiger partial charge in [0.2, 0.25) is 5.78 Å². The lowest BCUT2D eigenvalue weighted by Crippen LogP contribution is -2.12. The Morgan fingerprint density at radius 1 is 1.24 bits per heavy atom. The summed E-state index contributed by atoms with van der Waals surface area (Å²) in [6.45, 7) is 3.66. The topological polar surface area (TPSA) is 73.0 Å². The Bertz CT molecular complexity index is 825. The number of nitrogens with zero attached hydrogens (tertiary/aromatic N) is 5. The van der Waals surface area contributed by atoms with Crippen molar-refractivity contribution in [1.82, 2.24) is 24.8 Å². The van der Waals surface area contributed by atoms with Crippen molar-refractivity contribution < 1.29 is 9.18 Å². The molecule has 106 valence electrons. The third kappa shape index (κ3) is 2.26. The summed E-state index contributed by atoms with van der Waals surface area (Å²) in [6, 6.07) is 5.31. The largest absolute Gasteiger partial charge is 0.287 e. The maximum absolute atomic E-state index is 12.9. The van der Waals surface area contributed by atoms with Crippen LogP contribution in [0, 0.1) is 12.7 Å². The van der Waals surface area contributed by atoms with Crippen LogP contribution in [0.2, 0.25) is 0 Å². The molecule has 3 aromatic rings. The summed E-state index contributed by atoms with van der Waals surface area (Å²) in [5.41, 5.74) is 1.09. The van der Waals surface area contributed by atoms with Crippen LogP contribution in [0.3, 0.4) is 0 Å². The first-order valence-corrected chi connectivity index (χ1v) is 6.49. The number of carbonyl (C=O) groups is 1. The number of halogens is 1. The van der Waals surface area contributed by atoms with Gasteiger partial charge in [-0.05, 0) is 31.2 Å². The second-order valence-corrected chi connectivity index (χ2v) is 4.56. The standard InChI is InChI=1S/C14H12FN5O/c1-3-11-16-14-18-17-12(8(2)20(14)19-11)13(21)9-4-6-10(15)7-5-9/h4-7H,3H2,1-2H3. The molecule has 2 heterocycles. The summed E-state index contributed by atoms with van der Waals surface area (Å²) < 4.78 is 14.4. The Morgan fingerprint density at radius 3 is 2.62 bits per heavy atom. The number of ketones is 1. The first kappa shape index (κ1) is 13.3. The zero-order valence-electron chi connectivity index (χ0n) is 11.5. The highest BCUT2D eigenvalue weighted by atomic mass is 19.1. The van der Waals surface area contributed by atoms with Gasteiger partial charge in [-0.3, -0.25) is 4.79 Å². The predicted molar refractivity (Wildman–Crippen MR) is 72.5 cm³/mol. The number of aryl methyl sites for hydroxylation is 2. The van der Waals surface area contributed by atoms with E-state index in [0.717, 1.165) is 0 Å². The Balaban J connectivity index is 2.09. The molecule has 7 heteroatoms. The van der Waals surface area contributed by atoms with E-state index < -0.39 is 5.82 Å². The monoisotopic (exact) mass is 285 g/mol. The minimum atomic E-state index is -0.395. The van der Waals surface area contributed by atoms with Crippen LogP contribution in [-0.4, -0.2) is 30.6 Å². The molecule has 1 aromatic carbocycles. The Hall–Kier alpha value is -2.70. The molecule has 3 rings (SSSR count). The molecule has 0 N–H and O–H groups in total. The molecule has 0 aliphatic carbocycles. The van der Waals surface area contributed by atoms with Gasteiger partial charge in [0.05, 0.1) is 5.69 Å². The summed E-state index contributed by atoms with van der Waals surface area (Å²) in [4.78, 5) is 16.6. The molecular weight excluding hydrogens is 273 g/mol. The normalized spacial score (nSPS) is 11.0. The van der Waals surface area contributed by atoms with Gasteiger partial charge in [0, 0.05) is 12.0 Å². The molecule has 0 atom stereocenters. The summed E-state index contributed by atoms with van der Waals surface area (Å²) in [5, 5.41) is 12.1. The minimum Gasteiger partial charge on any atom is -0.287 e. The predicted octanol–water partition coefficient (Wildman–Crippen LogP) is 1.76. The van der Waals surface area contributed by atoms with Crippen molar-refractivity contribution in [3.05, 3.63) is 52.9 Å². The van der Waals surface area contributed by atoms with Crippen LogP contribution in [0.15, 0.2) is 24.3 Å². The van der Waals surface area contributed by atoms with Crippen LogP contribution in [-0.2, 0) is 6.42 Å². The van der Waals surface area contributed by atoms with Gasteiger partial charge in [0.15, 0.2) is 11.5 Å². The van der Waals surface area contributed by atoms with Crippen molar-refractivity contribution in [1.29, 1.82) is 0 Å². The van der Waals surface area contributed by atoms with E-state index in [9.17, 15) is 9.18 Å². The lowest BCUT2D eigenvalue weighted by atomic mass is 10.1. The third-order valence-electron chi connectivity index (χ3n) is 3.17. The molecule has 21 heavy (non-hydrogen) atoms. The third-order valence-corrected chi connectivity index (χ3v) is 3.17. The van der Waals surface area contributed by atoms with E-state index in [4.69, 9.17) is 0 Å². The Morgan fingerprint density at radius 2 is 1.95 bits per heavy atom. The summed E-state index contributed by atoms with van der Waals surface area (Å²) in [6.07, 6.45) is 0.671. The van der Waals surface area contributed by atoms with Crippen LogP contribution in [0.5, 0.6) is 0 Å². The number of hydrogen-bond donors (Lipinski definition) is 0. The highest BCUT2D eigenvalue weighted by molar-refractivity contribution is 6.08. The van der Waals surface area contributed by atoms with E-state index in [-0.39, 0.29) is 11.5 Å². The molecule has 0 amide bonds. The van der Waals surface area contributed by atoms with Crippen LogP contribution in [0.1, 0.15) is 34.5 Å². The van der Waals surface area contributed by atoms with Gasteiger partial charge in [0.1, 0.15) is 5.82 Å². The fourth-order valence-corrected chi connectivity index (χ4v) is 2.00. The molecule has 0 bridgehead atoms. The van der Waals surface area contributed by atoms with Crippen LogP contribution >= 0.6 is 0 Å². The Kier molecular flexibility index (Phi) is 3.17. The van der Waals surface area contributed by atoms with Gasteiger partial charge in [-0.25, -0.2) is 4.39 Å². The van der Waals surface area contributed by atoms with Gasteiger partial charge in [-0.2, -0.15) is 9.50 Å². The fourth-order valence-electron chi connectivity index (χ4n) is 2.00. The van der Waals surface area contributed by atoms with Crippen molar-refractivity contribution in [2.24, 2.45) is 0 Å². The number of rotatable bonds is 3. The molecule has 0 spiro atoms. The number of benzene rings is 1. The summed E-state index contributed by atoms with van der Waals surface area (Å²) >= 11 is 0. The summed E-state index contributed by atoms with van der Waals surface area (Å²) in [7, 11) is 0. The summed E-state index contributed by atoms with van der Waals surface area (Å²) in [5.74, 6) is 0.280. The molecule has 6 nitrogen and oxygen atoms in total. The van der Waals surface area contributed by atoms with E-state index in [1.165, 1.54) is 28.8 Å². The fraction of sp³-hybridized carbons (Fsp3) is 0.214. The average Bonchev–Trinajstić information content (AvgIpc) is 2.92. The van der Waals surface area contributed by atoms with Gasteiger partial charge in [-0.15, -0.1) is 15.3 Å². The molecule has 0 aliphatic heterocycles. The lowest BCUT2D eigenvalue weighted by molar-refractivity contribution is 0.103. The zero-order chi connectivity index (χ0) is 15.0. The first-order valence-electron chi connectivity index (χ1n) is 6.49. The molecule has 0 radical (unpaired) electrons. The van der Waals surface area contributed by atoms with Gasteiger partial charge in [-0.1, -0.05) is 6.92 Å². The van der Waals surface area contributed by atoms with Crippen LogP contribution in [0.25, 0.3) is 5.78 Å². The van der Waals surface area contributed by atoms with Crippen molar-refractivity contribution in [2.45, 2.75) is 20.3 Å². The average molecular weight is 285 g/mol. The number of hydrogen-bond acceptors (Lipinski definition) is 5. The number of carbonyl (C=O) groups excluding carboxylic acids is 1. The van der Waals surface area contributed by atoms with E-state index in [2.05, 4.69) is 20.3 Å². The van der Waals surface area contributed by atoms with E-state index in [1.807, 2.05) is 6.92 Å². The highest BCUT2D eigenvalue weighted by Gasteiger charge is 2.18. The zero-order valence-corrected chi connectivity index (χ0v) is 11.5. The van der Waals surface area contributed by atoms with Crippen LogP contribution < -0.4 is 0 Å². The number of aromatic nitrogens is 5. The SMILES string of the molecule is CCc1nc2nnc(C(=O)c3ccc(F)cc3)c(C)n2n1. The van der Waals surface area contributed by atoms with Crippen molar-refractivity contribution in [2.75, 3.05) is 0 Å². The van der Waals surface area contributed by atoms with Gasteiger partial charge in [0.25, 0.3) is 5.78 Å². The van der Waals surface area contributed by atoms with Gasteiger partial charge >= 0.3 is 0 Å². The molecule has 0 saturated heterocycles. The van der Waals surface area contributed by atoms with Gasteiger partial charge < -0.3 is 0 Å². The smallest absolute Gasteiger partial charge is 0.272 e. The maximum atomic E-state index is 12.9. The van der Waals surface area contributed by atoms with Crippen molar-refractivity contribution in [3.8, 4) is 0 Å². The van der Waals surface area contributed by atoms with Crippen molar-refractivity contribution in [3.63, 3.8) is 0 Å². The molecule has 0 saturated carbocycles.